The van der Waals surface area contributed by atoms with Gasteiger partial charge in [0.05, 0.1) is 10.5 Å². The van der Waals surface area contributed by atoms with Crippen LogP contribution in [0.4, 0.5) is 0 Å². The molecular weight excluding hydrogens is 340 g/mol. The van der Waals surface area contributed by atoms with Crippen LogP contribution >= 0.6 is 23.5 Å². The second-order valence-electron chi connectivity index (χ2n) is 5.82. The number of carbonyl (C=O) groups is 2. The first-order valence-corrected chi connectivity index (χ1v) is 9.55. The van der Waals surface area contributed by atoms with Crippen molar-refractivity contribution in [3.05, 3.63) is 59.7 Å². The van der Waals surface area contributed by atoms with Gasteiger partial charge in [0.2, 0.25) is 0 Å². The third kappa shape index (κ3) is 3.03. The van der Waals surface area contributed by atoms with Gasteiger partial charge in [0.25, 0.3) is 11.8 Å². The number of hydrogen-bond donors (Lipinski definition) is 2. The van der Waals surface area contributed by atoms with Gasteiger partial charge in [-0.1, -0.05) is 36.4 Å². The second kappa shape index (κ2) is 6.53. The van der Waals surface area contributed by atoms with Crippen molar-refractivity contribution in [2.75, 3.05) is 0 Å². The highest BCUT2D eigenvalue weighted by Crippen LogP contribution is 2.37. The molecule has 6 heteroatoms. The summed E-state index contributed by atoms with van der Waals surface area (Å²) in [5.74, 6) is -0.296. The maximum absolute atomic E-state index is 12.3. The van der Waals surface area contributed by atoms with E-state index in [-0.39, 0.29) is 22.3 Å². The molecule has 0 bridgehead atoms. The van der Waals surface area contributed by atoms with Gasteiger partial charge >= 0.3 is 0 Å². The van der Waals surface area contributed by atoms with E-state index in [1.807, 2.05) is 48.5 Å². The number of benzene rings is 2. The molecule has 0 aliphatic carbocycles. The molecule has 2 aliphatic heterocycles. The fourth-order valence-electron chi connectivity index (χ4n) is 2.94. The molecule has 0 fully saturated rings. The third-order valence-corrected chi connectivity index (χ3v) is 6.82. The largest absolute Gasteiger partial charge is 0.272 e. The lowest BCUT2D eigenvalue weighted by Gasteiger charge is -2.13. The summed E-state index contributed by atoms with van der Waals surface area (Å²) in [5, 5.41) is -0.368. The summed E-state index contributed by atoms with van der Waals surface area (Å²) in [6, 6.07) is 16.1. The van der Waals surface area contributed by atoms with Gasteiger partial charge in [-0.25, -0.2) is 0 Å². The van der Waals surface area contributed by atoms with Crippen LogP contribution in [0, 0.1) is 0 Å². The van der Waals surface area contributed by atoms with Crippen LogP contribution in [0.15, 0.2) is 58.3 Å². The Labute approximate surface area is 148 Å². The van der Waals surface area contributed by atoms with Crippen LogP contribution in [0.2, 0.25) is 0 Å². The van der Waals surface area contributed by atoms with Crippen LogP contribution in [-0.4, -0.2) is 22.3 Å². The highest BCUT2D eigenvalue weighted by molar-refractivity contribution is 8.01. The molecular formula is C18H16N2O2S2. The maximum atomic E-state index is 12.3. The van der Waals surface area contributed by atoms with E-state index in [0.717, 1.165) is 9.79 Å². The lowest BCUT2D eigenvalue weighted by molar-refractivity contribution is -0.128. The average Bonchev–Trinajstić information content (AvgIpc) is 3.23. The molecule has 4 rings (SSSR count). The number of rotatable bonds is 2. The third-order valence-electron chi connectivity index (χ3n) is 4.19. The van der Waals surface area contributed by atoms with Crippen LogP contribution in [0.3, 0.4) is 0 Å². The molecule has 2 N–H and O–H groups in total. The van der Waals surface area contributed by atoms with Gasteiger partial charge < -0.3 is 0 Å². The number of thioether (sulfide) groups is 2. The molecule has 0 spiro atoms. The smallest absolute Gasteiger partial charge is 0.252 e. The predicted molar refractivity (Wildman–Crippen MR) is 95.9 cm³/mol. The van der Waals surface area contributed by atoms with Crippen LogP contribution in [0.5, 0.6) is 0 Å². The van der Waals surface area contributed by atoms with E-state index in [4.69, 9.17) is 0 Å². The first-order chi connectivity index (χ1) is 11.7. The highest BCUT2D eigenvalue weighted by atomic mass is 32.2. The predicted octanol–water partition coefficient (Wildman–Crippen LogP) is 2.57. The molecule has 2 atom stereocenters. The molecule has 2 amide bonds. The van der Waals surface area contributed by atoms with Gasteiger partial charge in [-0.2, -0.15) is 0 Å². The molecule has 0 aromatic heterocycles. The Balaban J connectivity index is 1.30. The van der Waals surface area contributed by atoms with E-state index < -0.39 is 0 Å². The lowest BCUT2D eigenvalue weighted by atomic mass is 10.1. The summed E-state index contributed by atoms with van der Waals surface area (Å²) in [6.07, 6.45) is 1.40. The van der Waals surface area contributed by atoms with Gasteiger partial charge in [0.1, 0.15) is 0 Å². The van der Waals surface area contributed by atoms with Gasteiger partial charge in [-0.05, 0) is 36.1 Å². The molecule has 0 saturated carbocycles. The summed E-state index contributed by atoms with van der Waals surface area (Å²) in [4.78, 5) is 26.9. The summed E-state index contributed by atoms with van der Waals surface area (Å²) in [5.41, 5.74) is 7.56. The molecule has 2 aromatic carbocycles. The molecule has 2 aromatic rings. The zero-order valence-electron chi connectivity index (χ0n) is 12.8. The van der Waals surface area contributed by atoms with E-state index in [9.17, 15) is 9.59 Å². The van der Waals surface area contributed by atoms with E-state index in [2.05, 4.69) is 10.9 Å². The first kappa shape index (κ1) is 15.6. The van der Waals surface area contributed by atoms with Crippen molar-refractivity contribution in [2.24, 2.45) is 0 Å². The van der Waals surface area contributed by atoms with Gasteiger partial charge in [-0.15, -0.1) is 23.5 Å². The van der Waals surface area contributed by atoms with Crippen molar-refractivity contribution < 1.29 is 9.59 Å². The Morgan fingerprint density at radius 2 is 1.17 bits per heavy atom. The molecule has 2 heterocycles. The van der Waals surface area contributed by atoms with E-state index in [1.54, 1.807) is 23.5 Å². The topological polar surface area (TPSA) is 58.2 Å². The van der Waals surface area contributed by atoms with Crippen molar-refractivity contribution in [3.63, 3.8) is 0 Å². The maximum Gasteiger partial charge on any atom is 0.252 e. The zero-order valence-corrected chi connectivity index (χ0v) is 14.5. The van der Waals surface area contributed by atoms with Crippen molar-refractivity contribution in [1.29, 1.82) is 0 Å². The van der Waals surface area contributed by atoms with Crippen LogP contribution in [-0.2, 0) is 22.4 Å². The molecule has 2 aliphatic rings. The minimum Gasteiger partial charge on any atom is -0.272 e. The summed E-state index contributed by atoms with van der Waals surface area (Å²) in [6.45, 7) is 0. The van der Waals surface area contributed by atoms with Crippen molar-refractivity contribution >= 4 is 35.3 Å². The van der Waals surface area contributed by atoms with Crippen LogP contribution < -0.4 is 10.9 Å². The Kier molecular flexibility index (Phi) is 4.24. The van der Waals surface area contributed by atoms with Crippen LogP contribution in [0.1, 0.15) is 11.1 Å². The van der Waals surface area contributed by atoms with E-state index >= 15 is 0 Å². The second-order valence-corrected chi connectivity index (χ2v) is 8.30. The zero-order chi connectivity index (χ0) is 16.5. The van der Waals surface area contributed by atoms with Gasteiger partial charge in [0.15, 0.2) is 0 Å². The van der Waals surface area contributed by atoms with Crippen molar-refractivity contribution in [1.82, 2.24) is 10.9 Å². The number of hydrazine groups is 1. The normalized spacial score (nSPS) is 21.0. The molecule has 122 valence electrons. The minimum atomic E-state index is -0.184. The standard InChI is InChI=1S/C18H16N2O2S2/c21-17(15-9-11-5-1-3-7-13(11)23-15)19-20-18(22)16-10-12-6-2-4-8-14(12)24-16/h1-8,15-16H,9-10H2,(H,19,21)(H,20,22)/t15-,16-/m0/s1. The van der Waals surface area contributed by atoms with Crippen molar-refractivity contribution in [2.45, 2.75) is 33.1 Å². The fourth-order valence-corrected chi connectivity index (χ4v) is 5.33. The lowest BCUT2D eigenvalue weighted by Crippen LogP contribution is -2.48. The Hall–Kier alpha value is -1.92. The Morgan fingerprint density at radius 3 is 1.58 bits per heavy atom. The Bertz CT molecular complexity index is 692. The molecule has 0 unspecified atom stereocenters. The van der Waals surface area contributed by atoms with Gasteiger partial charge in [0, 0.05) is 9.79 Å². The van der Waals surface area contributed by atoms with E-state index in [0.29, 0.717) is 12.8 Å². The quantitative estimate of drug-likeness (QED) is 0.812. The van der Waals surface area contributed by atoms with Crippen LogP contribution in [0.25, 0.3) is 0 Å². The number of fused-ring (bicyclic) bond motifs is 2. The number of amides is 2. The molecule has 0 radical (unpaired) electrons. The number of hydrogen-bond acceptors (Lipinski definition) is 4. The highest BCUT2D eigenvalue weighted by Gasteiger charge is 2.31. The summed E-state index contributed by atoms with van der Waals surface area (Å²) >= 11 is 3.10. The first-order valence-electron chi connectivity index (χ1n) is 7.79. The fraction of sp³-hybridized carbons (Fsp3) is 0.222. The van der Waals surface area contributed by atoms with Gasteiger partial charge in [-0.3, -0.25) is 20.4 Å². The molecule has 0 saturated heterocycles. The Morgan fingerprint density at radius 1 is 0.750 bits per heavy atom. The van der Waals surface area contributed by atoms with Crippen molar-refractivity contribution in [3.8, 4) is 0 Å². The summed E-state index contributed by atoms with van der Waals surface area (Å²) in [7, 11) is 0. The monoisotopic (exact) mass is 356 g/mol. The summed E-state index contributed by atoms with van der Waals surface area (Å²) < 4.78 is 0. The SMILES string of the molecule is O=C(NNC(=O)[C@@H]1Cc2ccccc2S1)[C@@H]1Cc2ccccc2S1. The molecule has 4 nitrogen and oxygen atoms in total. The van der Waals surface area contributed by atoms with E-state index in [1.165, 1.54) is 11.1 Å². The molecule has 24 heavy (non-hydrogen) atoms. The average molecular weight is 356 g/mol. The number of carbonyl (C=O) groups excluding carboxylic acids is 2. The minimum absolute atomic E-state index is 0.148. The number of nitrogens with one attached hydrogen (secondary N) is 2.